The van der Waals surface area contributed by atoms with Crippen molar-refractivity contribution in [2.24, 2.45) is 5.73 Å². The number of tetrazole rings is 1. The van der Waals surface area contributed by atoms with E-state index in [1.54, 1.807) is 11.8 Å². The van der Waals surface area contributed by atoms with E-state index in [1.807, 2.05) is 4.68 Å². The molecule has 0 radical (unpaired) electrons. The highest BCUT2D eigenvalue weighted by molar-refractivity contribution is 7.99. The Morgan fingerprint density at radius 2 is 2.14 bits per heavy atom. The average Bonchev–Trinajstić information content (AvgIpc) is 3.24. The molecule has 0 bridgehead atoms. The van der Waals surface area contributed by atoms with Gasteiger partial charge in [-0.1, -0.05) is 43.0 Å². The molecule has 3 rings (SSSR count). The molecular formula is C15H21N5S. The summed E-state index contributed by atoms with van der Waals surface area (Å²) < 4.78 is 1.96. The van der Waals surface area contributed by atoms with Crippen molar-refractivity contribution >= 4 is 11.8 Å². The standard InChI is InChI=1S/C15H21N5S/c1-3-13(16)14(12-7-5-4-6-10(12)2)21-15-17-18-19-20(15)11-8-9-11/h4-7,11,13-14H,3,8-9,16H2,1-2H3. The van der Waals surface area contributed by atoms with Crippen LogP contribution in [0.4, 0.5) is 0 Å². The molecule has 112 valence electrons. The van der Waals surface area contributed by atoms with Crippen LogP contribution < -0.4 is 5.73 Å². The van der Waals surface area contributed by atoms with Crippen molar-refractivity contribution in [3.05, 3.63) is 35.4 Å². The maximum absolute atomic E-state index is 6.38. The molecule has 2 unspecified atom stereocenters. The Bertz CT molecular complexity index is 608. The Balaban J connectivity index is 1.89. The van der Waals surface area contributed by atoms with Gasteiger partial charge in [0.2, 0.25) is 5.16 Å². The summed E-state index contributed by atoms with van der Waals surface area (Å²) in [5.41, 5.74) is 8.93. The van der Waals surface area contributed by atoms with Gasteiger partial charge in [-0.05, 0) is 47.7 Å². The van der Waals surface area contributed by atoms with Crippen molar-refractivity contribution in [3.63, 3.8) is 0 Å². The number of aromatic nitrogens is 4. The van der Waals surface area contributed by atoms with E-state index in [2.05, 4.69) is 53.6 Å². The predicted octanol–water partition coefficient (Wildman–Crippen LogP) is 2.89. The molecule has 1 saturated carbocycles. The third kappa shape index (κ3) is 3.11. The Hall–Kier alpha value is -1.40. The first-order valence-corrected chi connectivity index (χ1v) is 8.34. The van der Waals surface area contributed by atoms with Crippen LogP contribution in [-0.4, -0.2) is 26.2 Å². The molecule has 6 heteroatoms. The Morgan fingerprint density at radius 3 is 2.81 bits per heavy atom. The topological polar surface area (TPSA) is 69.6 Å². The minimum Gasteiger partial charge on any atom is -0.326 e. The zero-order valence-electron chi connectivity index (χ0n) is 12.4. The molecule has 2 aromatic rings. The molecule has 21 heavy (non-hydrogen) atoms. The van der Waals surface area contributed by atoms with Crippen LogP contribution in [0, 0.1) is 6.92 Å². The smallest absolute Gasteiger partial charge is 0.210 e. The van der Waals surface area contributed by atoms with Gasteiger partial charge in [0.1, 0.15) is 0 Å². The van der Waals surface area contributed by atoms with Crippen molar-refractivity contribution in [2.75, 3.05) is 0 Å². The molecule has 0 amide bonds. The molecule has 1 heterocycles. The average molecular weight is 303 g/mol. The zero-order chi connectivity index (χ0) is 14.8. The second kappa shape index (κ2) is 6.15. The van der Waals surface area contributed by atoms with E-state index >= 15 is 0 Å². The summed E-state index contributed by atoms with van der Waals surface area (Å²) in [4.78, 5) is 0. The van der Waals surface area contributed by atoms with E-state index in [1.165, 1.54) is 24.0 Å². The largest absolute Gasteiger partial charge is 0.326 e. The maximum Gasteiger partial charge on any atom is 0.210 e. The van der Waals surface area contributed by atoms with Crippen molar-refractivity contribution in [1.82, 2.24) is 20.2 Å². The summed E-state index contributed by atoms with van der Waals surface area (Å²) in [6, 6.07) is 9.00. The molecule has 0 aliphatic heterocycles. The van der Waals surface area contributed by atoms with Gasteiger partial charge in [-0.2, -0.15) is 0 Å². The fraction of sp³-hybridized carbons (Fsp3) is 0.533. The second-order valence-electron chi connectivity index (χ2n) is 5.60. The lowest BCUT2D eigenvalue weighted by Crippen LogP contribution is -2.26. The summed E-state index contributed by atoms with van der Waals surface area (Å²) in [5, 5.41) is 13.2. The molecule has 1 aromatic heterocycles. The van der Waals surface area contributed by atoms with Crippen LogP contribution in [0.1, 0.15) is 48.6 Å². The molecular weight excluding hydrogens is 282 g/mol. The third-order valence-corrected chi connectivity index (χ3v) is 5.28. The highest BCUT2D eigenvalue weighted by atomic mass is 32.2. The zero-order valence-corrected chi connectivity index (χ0v) is 13.3. The predicted molar refractivity (Wildman–Crippen MR) is 84.1 cm³/mol. The summed E-state index contributed by atoms with van der Waals surface area (Å²) in [6.45, 7) is 4.26. The quantitative estimate of drug-likeness (QED) is 0.831. The van der Waals surface area contributed by atoms with Crippen LogP contribution in [0.2, 0.25) is 0 Å². The summed E-state index contributed by atoms with van der Waals surface area (Å²) >= 11 is 1.69. The minimum absolute atomic E-state index is 0.0838. The summed E-state index contributed by atoms with van der Waals surface area (Å²) in [5.74, 6) is 0. The van der Waals surface area contributed by atoms with E-state index in [9.17, 15) is 0 Å². The van der Waals surface area contributed by atoms with Crippen LogP contribution in [0.15, 0.2) is 29.4 Å². The fourth-order valence-corrected chi connectivity index (χ4v) is 3.79. The van der Waals surface area contributed by atoms with Crippen molar-refractivity contribution in [3.8, 4) is 0 Å². The third-order valence-electron chi connectivity index (χ3n) is 3.94. The highest BCUT2D eigenvalue weighted by Gasteiger charge is 2.30. The number of hydrogen-bond acceptors (Lipinski definition) is 5. The molecule has 0 saturated heterocycles. The summed E-state index contributed by atoms with van der Waals surface area (Å²) in [6.07, 6.45) is 3.28. The Morgan fingerprint density at radius 1 is 1.38 bits per heavy atom. The highest BCUT2D eigenvalue weighted by Crippen LogP contribution is 2.42. The van der Waals surface area contributed by atoms with Crippen molar-refractivity contribution < 1.29 is 0 Å². The van der Waals surface area contributed by atoms with Gasteiger partial charge >= 0.3 is 0 Å². The van der Waals surface area contributed by atoms with E-state index in [0.29, 0.717) is 6.04 Å². The number of hydrogen-bond donors (Lipinski definition) is 1. The first kappa shape index (κ1) is 14.5. The first-order valence-electron chi connectivity index (χ1n) is 7.46. The molecule has 1 aromatic carbocycles. The van der Waals surface area contributed by atoms with Crippen molar-refractivity contribution in [2.45, 2.75) is 55.6 Å². The molecule has 1 aliphatic carbocycles. The molecule has 1 fully saturated rings. The van der Waals surface area contributed by atoms with Crippen LogP contribution in [0.3, 0.4) is 0 Å². The lowest BCUT2D eigenvalue weighted by atomic mass is 10.00. The van der Waals surface area contributed by atoms with Gasteiger partial charge in [-0.15, -0.1) is 5.10 Å². The van der Waals surface area contributed by atoms with Crippen LogP contribution in [0.5, 0.6) is 0 Å². The number of rotatable bonds is 6. The molecule has 1 aliphatic rings. The van der Waals surface area contributed by atoms with Gasteiger partial charge in [-0.3, -0.25) is 0 Å². The van der Waals surface area contributed by atoms with Gasteiger partial charge in [0.15, 0.2) is 0 Å². The normalized spacial score (nSPS) is 17.7. The number of nitrogens with zero attached hydrogens (tertiary/aromatic N) is 4. The number of thioether (sulfide) groups is 1. The van der Waals surface area contributed by atoms with E-state index in [0.717, 1.165) is 11.6 Å². The molecule has 5 nitrogen and oxygen atoms in total. The Kier molecular flexibility index (Phi) is 4.26. The molecule has 0 spiro atoms. The minimum atomic E-state index is 0.0838. The lowest BCUT2D eigenvalue weighted by Gasteiger charge is -2.23. The number of benzene rings is 1. The van der Waals surface area contributed by atoms with Crippen molar-refractivity contribution in [1.29, 1.82) is 0 Å². The van der Waals surface area contributed by atoms with Gasteiger partial charge in [0.25, 0.3) is 0 Å². The monoisotopic (exact) mass is 303 g/mol. The van der Waals surface area contributed by atoms with Crippen LogP contribution in [-0.2, 0) is 0 Å². The number of aryl methyl sites for hydroxylation is 1. The van der Waals surface area contributed by atoms with Crippen LogP contribution >= 0.6 is 11.8 Å². The van der Waals surface area contributed by atoms with E-state index in [4.69, 9.17) is 5.73 Å². The molecule has 2 atom stereocenters. The Labute approximate surface area is 129 Å². The van der Waals surface area contributed by atoms with Gasteiger partial charge in [0, 0.05) is 6.04 Å². The van der Waals surface area contributed by atoms with E-state index in [-0.39, 0.29) is 11.3 Å². The second-order valence-corrected chi connectivity index (χ2v) is 6.71. The maximum atomic E-state index is 6.38. The van der Waals surface area contributed by atoms with Gasteiger partial charge < -0.3 is 5.73 Å². The summed E-state index contributed by atoms with van der Waals surface area (Å²) in [7, 11) is 0. The molecule has 2 N–H and O–H groups in total. The SMILES string of the molecule is CCC(N)C(Sc1nnnn1C1CC1)c1ccccc1C. The van der Waals surface area contributed by atoms with Gasteiger partial charge in [-0.25, -0.2) is 4.68 Å². The number of nitrogens with two attached hydrogens (primary N) is 1. The van der Waals surface area contributed by atoms with Crippen LogP contribution in [0.25, 0.3) is 0 Å². The van der Waals surface area contributed by atoms with Gasteiger partial charge in [0.05, 0.1) is 11.3 Å². The van der Waals surface area contributed by atoms with E-state index < -0.39 is 0 Å². The fourth-order valence-electron chi connectivity index (χ4n) is 2.43. The lowest BCUT2D eigenvalue weighted by molar-refractivity contribution is 0.561. The first-order chi connectivity index (χ1) is 10.2.